The summed E-state index contributed by atoms with van der Waals surface area (Å²) >= 11 is 0. The molecule has 0 amide bonds. The summed E-state index contributed by atoms with van der Waals surface area (Å²) in [6.45, 7) is 0.833. The molecule has 0 bridgehead atoms. The minimum absolute atomic E-state index is 0.139. The minimum Gasteiger partial charge on any atom is -0.550 e. The third-order valence-corrected chi connectivity index (χ3v) is 4.38. The van der Waals surface area contributed by atoms with Crippen molar-refractivity contribution in [3.63, 3.8) is 0 Å². The van der Waals surface area contributed by atoms with Crippen LogP contribution in [0.4, 0.5) is 0 Å². The number of carbonyl (C=O) groups excluding carboxylic acids is 3. The van der Waals surface area contributed by atoms with Gasteiger partial charge < -0.3 is 50.6 Å². The zero-order valence-corrected chi connectivity index (χ0v) is 17.3. The number of esters is 1. The molecule has 1 aliphatic rings. The van der Waals surface area contributed by atoms with Crippen LogP contribution in [-0.2, 0) is 14.3 Å². The van der Waals surface area contributed by atoms with Crippen LogP contribution >= 0.6 is 0 Å². The summed E-state index contributed by atoms with van der Waals surface area (Å²) in [4.78, 5) is 35.5. The quantitative estimate of drug-likeness (QED) is 0.212. The fraction of sp³-hybridized carbons (Fsp3) is 0.286. The molecular formula is C21H23NO11. The number of carbonyl (C=O) groups is 3. The number of hydrogen-bond acceptors (Lipinski definition) is 11. The molecule has 1 heterocycles. The van der Waals surface area contributed by atoms with E-state index < -0.39 is 60.0 Å². The fourth-order valence-corrected chi connectivity index (χ4v) is 2.89. The molecule has 1 aliphatic heterocycles. The van der Waals surface area contributed by atoms with Gasteiger partial charge in [0.05, 0.1) is 19.6 Å². The maximum Gasteiger partial charge on any atom is 0.307 e. The fourth-order valence-electron chi connectivity index (χ4n) is 2.89. The highest BCUT2D eigenvalue weighted by Gasteiger charge is 2.43. The Hall–Kier alpha value is -4.03. The second-order valence-corrected chi connectivity index (χ2v) is 6.85. The summed E-state index contributed by atoms with van der Waals surface area (Å²) in [7, 11) is 0. The lowest BCUT2D eigenvalue weighted by Gasteiger charge is -2.32. The van der Waals surface area contributed by atoms with Crippen LogP contribution in [0.25, 0.3) is 0 Å². The molecule has 0 saturated carbocycles. The molecule has 0 saturated heterocycles. The van der Waals surface area contributed by atoms with Crippen LogP contribution in [0.3, 0.4) is 0 Å². The first-order chi connectivity index (χ1) is 15.6. The van der Waals surface area contributed by atoms with E-state index in [9.17, 15) is 39.9 Å². The average Bonchev–Trinajstić information content (AvgIpc) is 2.75. The summed E-state index contributed by atoms with van der Waals surface area (Å²) < 4.78 is 10.8. The normalized spacial score (nSPS) is 16.6. The number of aliphatic carboxylic acids is 1. The van der Waals surface area contributed by atoms with Crippen molar-refractivity contribution in [2.24, 2.45) is 0 Å². The van der Waals surface area contributed by atoms with Gasteiger partial charge in [0.25, 0.3) is 0 Å². The van der Waals surface area contributed by atoms with Gasteiger partial charge in [-0.05, 0) is 18.6 Å². The van der Waals surface area contributed by atoms with E-state index in [2.05, 4.69) is 5.73 Å². The Kier molecular flexibility index (Phi) is 8.42. The number of phenolic OH excluding ortho intramolecular Hbond substituents is 4. The van der Waals surface area contributed by atoms with Crippen LogP contribution in [0.15, 0.2) is 30.3 Å². The van der Waals surface area contributed by atoms with Gasteiger partial charge in [0.2, 0.25) is 11.9 Å². The minimum atomic E-state index is -1.63. The van der Waals surface area contributed by atoms with Crippen LogP contribution in [0.5, 0.6) is 28.7 Å². The number of fused-ring (bicyclic) bond motifs is 1. The highest BCUT2D eigenvalue weighted by Crippen LogP contribution is 2.43. The molecule has 2 atom stereocenters. The monoisotopic (exact) mass is 465 g/mol. The number of aliphatic hydroxyl groups is 1. The van der Waals surface area contributed by atoms with Gasteiger partial charge in [0, 0.05) is 23.7 Å². The molecule has 12 heteroatoms. The third kappa shape index (κ3) is 6.24. The van der Waals surface area contributed by atoms with Crippen LogP contribution in [-0.4, -0.2) is 62.5 Å². The molecule has 178 valence electrons. The first kappa shape index (κ1) is 25.2. The number of benzene rings is 2. The van der Waals surface area contributed by atoms with E-state index in [0.29, 0.717) is 6.54 Å². The van der Waals surface area contributed by atoms with Gasteiger partial charge in [-0.1, -0.05) is 6.07 Å². The number of aromatic hydroxyl groups is 4. The molecule has 8 N–H and O–H groups in total. The number of Topliss-reactive ketones (excluding diaryl/α,β-unsaturated/α-hetero) is 1. The van der Waals surface area contributed by atoms with Crippen molar-refractivity contribution in [2.75, 3.05) is 13.2 Å². The van der Waals surface area contributed by atoms with Crippen molar-refractivity contribution in [2.45, 2.75) is 25.0 Å². The summed E-state index contributed by atoms with van der Waals surface area (Å²) in [5.41, 5.74) is 3.16. The number of carboxylic acid groups (broad SMARTS) is 1. The molecule has 0 spiro atoms. The highest BCUT2D eigenvalue weighted by molar-refractivity contribution is 6.06. The molecular weight excluding hydrogens is 442 g/mol. The number of ketones is 1. The number of ether oxygens (including phenoxy) is 2. The van der Waals surface area contributed by atoms with Gasteiger partial charge in [-0.25, -0.2) is 0 Å². The van der Waals surface area contributed by atoms with Crippen LogP contribution in [0.2, 0.25) is 0 Å². The first-order valence-corrected chi connectivity index (χ1v) is 9.67. The molecule has 2 unspecified atom stereocenters. The van der Waals surface area contributed by atoms with Crippen LogP contribution in [0, 0.1) is 0 Å². The van der Waals surface area contributed by atoms with E-state index >= 15 is 0 Å². The van der Waals surface area contributed by atoms with Gasteiger partial charge in [0.15, 0.2) is 17.6 Å². The molecule has 2 aromatic rings. The SMILES string of the molecule is O=C([O-])CCC(=O)OC1C(=O)c2c(O)cc(O)cc2OC1c1ccc(O)c(O)c1.[NH3+]CCO. The second-order valence-electron chi connectivity index (χ2n) is 6.85. The molecule has 12 nitrogen and oxygen atoms in total. The van der Waals surface area contributed by atoms with Crippen molar-refractivity contribution in [3.8, 4) is 28.7 Å². The molecule has 0 aliphatic carbocycles. The van der Waals surface area contributed by atoms with Gasteiger partial charge in [-0.15, -0.1) is 0 Å². The Labute approximate surface area is 187 Å². The first-order valence-electron chi connectivity index (χ1n) is 9.67. The Bertz CT molecular complexity index is 1040. The third-order valence-electron chi connectivity index (χ3n) is 4.38. The zero-order chi connectivity index (χ0) is 24.7. The van der Waals surface area contributed by atoms with E-state index in [-0.39, 0.29) is 29.2 Å². The van der Waals surface area contributed by atoms with Gasteiger partial charge in [-0.2, -0.15) is 0 Å². The molecule has 3 rings (SSSR count). The van der Waals surface area contributed by atoms with Crippen molar-refractivity contribution in [3.05, 3.63) is 41.5 Å². The standard InChI is InChI=1S/C19H16O10.C2H7NO/c20-9-6-12(23)16-13(7-9)28-18(8-1-2-10(21)11(22)5-8)19(17(16)27)29-15(26)4-3-14(24)25;3-1-2-4/h1-2,5-7,18-23H,3-4H2,(H,24,25);4H,1-3H2. The summed E-state index contributed by atoms with van der Waals surface area (Å²) in [6, 6.07) is 5.50. The van der Waals surface area contributed by atoms with Crippen LogP contribution in [0.1, 0.15) is 34.9 Å². The molecule has 2 aromatic carbocycles. The molecule has 0 aromatic heterocycles. The summed E-state index contributed by atoms with van der Waals surface area (Å²) in [5, 5.41) is 57.2. The maximum atomic E-state index is 12.9. The van der Waals surface area contributed by atoms with Crippen molar-refractivity contribution in [1.29, 1.82) is 0 Å². The molecule has 33 heavy (non-hydrogen) atoms. The van der Waals surface area contributed by atoms with E-state index in [4.69, 9.17) is 14.6 Å². The largest absolute Gasteiger partial charge is 0.550 e. The van der Waals surface area contributed by atoms with Crippen molar-refractivity contribution >= 4 is 17.7 Å². The zero-order valence-electron chi connectivity index (χ0n) is 17.3. The van der Waals surface area contributed by atoms with E-state index in [1.807, 2.05) is 0 Å². The van der Waals surface area contributed by atoms with E-state index in [1.54, 1.807) is 0 Å². The predicted molar refractivity (Wildman–Crippen MR) is 106 cm³/mol. The van der Waals surface area contributed by atoms with Gasteiger partial charge >= 0.3 is 5.97 Å². The van der Waals surface area contributed by atoms with Crippen LogP contribution < -0.4 is 15.6 Å². The number of rotatable bonds is 6. The second kappa shape index (κ2) is 11.0. The Morgan fingerprint density at radius 2 is 1.70 bits per heavy atom. The Morgan fingerprint density at radius 3 is 2.27 bits per heavy atom. The smallest absolute Gasteiger partial charge is 0.307 e. The number of quaternary nitrogens is 1. The average molecular weight is 465 g/mol. The lowest BCUT2D eigenvalue weighted by atomic mass is 9.92. The van der Waals surface area contributed by atoms with Crippen molar-refractivity contribution in [1.82, 2.24) is 0 Å². The number of phenols is 4. The lowest BCUT2D eigenvalue weighted by molar-refractivity contribution is -0.372. The highest BCUT2D eigenvalue weighted by atomic mass is 16.6. The van der Waals surface area contributed by atoms with E-state index in [0.717, 1.165) is 24.3 Å². The maximum absolute atomic E-state index is 12.9. The molecule has 0 radical (unpaired) electrons. The van der Waals surface area contributed by atoms with E-state index in [1.165, 1.54) is 6.07 Å². The number of hydrogen-bond donors (Lipinski definition) is 6. The van der Waals surface area contributed by atoms with Crippen molar-refractivity contribution < 1.29 is 60.2 Å². The number of carboxylic acids is 1. The van der Waals surface area contributed by atoms with Gasteiger partial charge in [-0.3, -0.25) is 9.59 Å². The summed E-state index contributed by atoms with van der Waals surface area (Å²) in [5.74, 6) is -5.49. The topological polar surface area (TPSA) is 222 Å². The summed E-state index contributed by atoms with van der Waals surface area (Å²) in [6.07, 6.45) is -4.12. The Morgan fingerprint density at radius 1 is 1.03 bits per heavy atom. The van der Waals surface area contributed by atoms with Gasteiger partial charge in [0.1, 0.15) is 22.8 Å². The predicted octanol–water partition coefficient (Wildman–Crippen LogP) is -1.51. The number of aliphatic hydroxyl groups excluding tert-OH is 1. The molecule has 0 fully saturated rings. The lowest BCUT2D eigenvalue weighted by Crippen LogP contribution is -2.51. The Balaban J connectivity index is 0.000000890.